The molecule has 6 nitrogen and oxygen atoms in total. The zero-order valence-corrected chi connectivity index (χ0v) is 19.8. The number of benzene rings is 1. The maximum Gasteiger partial charge on any atom is 0.187 e. The van der Waals surface area contributed by atoms with E-state index in [2.05, 4.69) is 33.0 Å². The van der Waals surface area contributed by atoms with Gasteiger partial charge in [0.2, 0.25) is 0 Å². The van der Waals surface area contributed by atoms with Crippen LogP contribution in [0.2, 0.25) is 0 Å². The standard InChI is InChI=1S/C25H34N4O2S/c1-31-24-18-20(8-9-23(24)30)6-4-14-29-15-5-7-21(19-29)22-10-11-26-25(27-22)32-17-16-28-12-2-3-13-28/h4,6,8-11,18,21,30H,2-3,5,7,12-17,19H2,1H3/b6-4+/t21-/m0/s1. The topological polar surface area (TPSA) is 61.7 Å². The second kappa shape index (κ2) is 11.7. The zero-order valence-electron chi connectivity index (χ0n) is 18.9. The van der Waals surface area contributed by atoms with Gasteiger partial charge in [-0.2, -0.15) is 0 Å². The first-order chi connectivity index (χ1) is 15.7. The first kappa shape index (κ1) is 23.1. The molecule has 4 rings (SSSR count). The molecule has 0 amide bonds. The van der Waals surface area contributed by atoms with Gasteiger partial charge in [-0.15, -0.1) is 0 Å². The van der Waals surface area contributed by atoms with Gasteiger partial charge in [-0.3, -0.25) is 4.90 Å². The van der Waals surface area contributed by atoms with Crippen molar-refractivity contribution in [3.8, 4) is 11.5 Å². The van der Waals surface area contributed by atoms with E-state index in [1.807, 2.05) is 18.3 Å². The summed E-state index contributed by atoms with van der Waals surface area (Å²) in [6, 6.07) is 7.52. The van der Waals surface area contributed by atoms with E-state index >= 15 is 0 Å². The molecule has 172 valence electrons. The molecule has 1 aromatic heterocycles. The predicted octanol–water partition coefficient (Wildman–Crippen LogP) is 4.27. The predicted molar refractivity (Wildman–Crippen MR) is 131 cm³/mol. The highest BCUT2D eigenvalue weighted by atomic mass is 32.2. The summed E-state index contributed by atoms with van der Waals surface area (Å²) in [7, 11) is 1.57. The van der Waals surface area contributed by atoms with Crippen molar-refractivity contribution < 1.29 is 9.84 Å². The van der Waals surface area contributed by atoms with E-state index in [1.54, 1.807) is 24.9 Å². The molecular formula is C25H34N4O2S. The average molecular weight is 455 g/mol. The molecule has 1 N–H and O–H groups in total. The minimum Gasteiger partial charge on any atom is -0.504 e. The lowest BCUT2D eigenvalue weighted by Crippen LogP contribution is -2.34. The van der Waals surface area contributed by atoms with Gasteiger partial charge in [-0.1, -0.05) is 30.0 Å². The Balaban J connectivity index is 1.28. The van der Waals surface area contributed by atoms with E-state index in [-0.39, 0.29) is 5.75 Å². The summed E-state index contributed by atoms with van der Waals surface area (Å²) in [6.07, 6.45) is 11.3. The maximum absolute atomic E-state index is 9.75. The highest BCUT2D eigenvalue weighted by molar-refractivity contribution is 7.99. The van der Waals surface area contributed by atoms with Gasteiger partial charge >= 0.3 is 0 Å². The Labute approximate surface area is 195 Å². The second-order valence-electron chi connectivity index (χ2n) is 8.59. The first-order valence-corrected chi connectivity index (χ1v) is 12.6. The van der Waals surface area contributed by atoms with Crippen LogP contribution in [0.15, 0.2) is 41.7 Å². The highest BCUT2D eigenvalue weighted by Gasteiger charge is 2.22. The number of thioether (sulfide) groups is 1. The van der Waals surface area contributed by atoms with Gasteiger partial charge in [-0.25, -0.2) is 9.97 Å². The molecule has 1 aromatic carbocycles. The van der Waals surface area contributed by atoms with E-state index in [1.165, 1.54) is 44.5 Å². The van der Waals surface area contributed by atoms with Crippen LogP contribution < -0.4 is 4.74 Å². The molecule has 2 aromatic rings. The zero-order chi connectivity index (χ0) is 22.2. The number of nitrogens with zero attached hydrogens (tertiary/aromatic N) is 4. The summed E-state index contributed by atoms with van der Waals surface area (Å²) in [4.78, 5) is 14.4. The lowest BCUT2D eigenvalue weighted by molar-refractivity contribution is 0.226. The number of phenols is 1. The minimum absolute atomic E-state index is 0.168. The minimum atomic E-state index is 0.168. The number of likely N-dealkylation sites (tertiary alicyclic amines) is 2. The fraction of sp³-hybridized carbons (Fsp3) is 0.520. The highest BCUT2D eigenvalue weighted by Crippen LogP contribution is 2.28. The average Bonchev–Trinajstić information content (AvgIpc) is 3.34. The molecule has 2 saturated heterocycles. The van der Waals surface area contributed by atoms with Gasteiger partial charge < -0.3 is 14.7 Å². The molecule has 3 heterocycles. The van der Waals surface area contributed by atoms with Crippen LogP contribution in [-0.2, 0) is 0 Å². The van der Waals surface area contributed by atoms with Crippen LogP contribution in [0.25, 0.3) is 6.08 Å². The molecular weight excluding hydrogens is 420 g/mol. The quantitative estimate of drug-likeness (QED) is 0.448. The maximum atomic E-state index is 9.75. The molecule has 2 aliphatic rings. The third-order valence-corrected chi connectivity index (χ3v) is 7.14. The van der Waals surface area contributed by atoms with Crippen molar-refractivity contribution in [3.05, 3.63) is 47.8 Å². The molecule has 2 fully saturated rings. The number of aromatic nitrogens is 2. The Bertz CT molecular complexity index is 901. The summed E-state index contributed by atoms with van der Waals surface area (Å²) in [5, 5.41) is 10.7. The van der Waals surface area contributed by atoms with E-state index in [4.69, 9.17) is 9.72 Å². The van der Waals surface area contributed by atoms with Crippen LogP contribution in [0.5, 0.6) is 11.5 Å². The van der Waals surface area contributed by atoms with Crippen LogP contribution in [0.4, 0.5) is 0 Å². The number of ether oxygens (including phenoxy) is 1. The summed E-state index contributed by atoms with van der Waals surface area (Å²) >= 11 is 1.78. The van der Waals surface area contributed by atoms with Crippen LogP contribution >= 0.6 is 11.8 Å². The van der Waals surface area contributed by atoms with Crippen LogP contribution in [0, 0.1) is 0 Å². The summed E-state index contributed by atoms with van der Waals surface area (Å²) < 4.78 is 5.19. The van der Waals surface area contributed by atoms with E-state index in [9.17, 15) is 5.11 Å². The lowest BCUT2D eigenvalue weighted by atomic mass is 9.94. The van der Waals surface area contributed by atoms with E-state index in [0.717, 1.165) is 42.7 Å². The Morgan fingerprint density at radius 3 is 2.84 bits per heavy atom. The van der Waals surface area contributed by atoms with E-state index in [0.29, 0.717) is 11.7 Å². The van der Waals surface area contributed by atoms with Crippen molar-refractivity contribution in [2.75, 3.05) is 52.1 Å². The van der Waals surface area contributed by atoms with Crippen molar-refractivity contribution >= 4 is 17.8 Å². The summed E-state index contributed by atoms with van der Waals surface area (Å²) in [5.74, 6) is 2.20. The Hall–Kier alpha value is -2.09. The fourth-order valence-corrected chi connectivity index (χ4v) is 5.36. The van der Waals surface area contributed by atoms with Crippen molar-refractivity contribution in [1.82, 2.24) is 19.8 Å². The second-order valence-corrected chi connectivity index (χ2v) is 9.66. The lowest BCUT2D eigenvalue weighted by Gasteiger charge is -2.31. The molecule has 0 spiro atoms. The van der Waals surface area contributed by atoms with Gasteiger partial charge in [0.1, 0.15) is 0 Å². The van der Waals surface area contributed by atoms with Gasteiger partial charge in [0.15, 0.2) is 16.7 Å². The van der Waals surface area contributed by atoms with Crippen LogP contribution in [0.3, 0.4) is 0 Å². The number of aromatic hydroxyl groups is 1. The van der Waals surface area contributed by atoms with Gasteiger partial charge in [0.25, 0.3) is 0 Å². The molecule has 0 unspecified atom stereocenters. The molecule has 32 heavy (non-hydrogen) atoms. The van der Waals surface area contributed by atoms with Crippen molar-refractivity contribution in [3.63, 3.8) is 0 Å². The Morgan fingerprint density at radius 2 is 2.00 bits per heavy atom. The normalized spacial score (nSPS) is 20.2. The van der Waals surface area contributed by atoms with Gasteiger partial charge in [-0.05, 0) is 69.1 Å². The number of rotatable bonds is 9. The number of hydrogen-bond donors (Lipinski definition) is 1. The molecule has 0 bridgehead atoms. The smallest absolute Gasteiger partial charge is 0.187 e. The van der Waals surface area contributed by atoms with Gasteiger partial charge in [0, 0.05) is 43.2 Å². The Kier molecular flexibility index (Phi) is 8.42. The largest absolute Gasteiger partial charge is 0.504 e. The van der Waals surface area contributed by atoms with Gasteiger partial charge in [0.05, 0.1) is 7.11 Å². The Morgan fingerprint density at radius 1 is 1.16 bits per heavy atom. The van der Waals surface area contributed by atoms with Crippen molar-refractivity contribution in [2.45, 2.75) is 36.8 Å². The summed E-state index contributed by atoms with van der Waals surface area (Å²) in [5.41, 5.74) is 2.21. The third-order valence-electron chi connectivity index (χ3n) is 6.29. The third kappa shape index (κ3) is 6.47. The molecule has 2 aliphatic heterocycles. The molecule has 0 saturated carbocycles. The first-order valence-electron chi connectivity index (χ1n) is 11.7. The number of methoxy groups -OCH3 is 1. The van der Waals surface area contributed by atoms with Crippen molar-refractivity contribution in [2.24, 2.45) is 0 Å². The van der Waals surface area contributed by atoms with Crippen molar-refractivity contribution in [1.29, 1.82) is 0 Å². The number of hydrogen-bond acceptors (Lipinski definition) is 7. The molecule has 0 aliphatic carbocycles. The fourth-order valence-electron chi connectivity index (χ4n) is 4.52. The van der Waals surface area contributed by atoms with Crippen LogP contribution in [-0.4, -0.2) is 77.0 Å². The van der Waals surface area contributed by atoms with Crippen LogP contribution in [0.1, 0.15) is 42.9 Å². The summed E-state index contributed by atoms with van der Waals surface area (Å²) in [6.45, 7) is 6.67. The number of phenolic OH excluding ortho intramolecular Hbond substituents is 1. The molecule has 0 radical (unpaired) electrons. The monoisotopic (exact) mass is 454 g/mol. The molecule has 7 heteroatoms. The number of piperidine rings is 1. The SMILES string of the molecule is COc1cc(/C=C/CN2CCC[C@H](c3ccnc(SCCN4CCCC4)n3)C2)ccc1O. The molecule has 1 atom stereocenters. The van der Waals surface area contributed by atoms with E-state index < -0.39 is 0 Å².